The van der Waals surface area contributed by atoms with Gasteiger partial charge < -0.3 is 10.1 Å². The average Bonchev–Trinajstić information content (AvgIpc) is 2.73. The Bertz CT molecular complexity index is 603. The van der Waals surface area contributed by atoms with Crippen LogP contribution in [0.3, 0.4) is 0 Å². The lowest BCUT2D eigenvalue weighted by molar-refractivity contribution is 0.338. The minimum Gasteiger partial charge on any atom is -0.493 e. The molecular formula is C14H14BrCl2NOS. The van der Waals surface area contributed by atoms with Crippen molar-refractivity contribution in [1.29, 1.82) is 0 Å². The lowest BCUT2D eigenvalue weighted by Crippen LogP contribution is -2.17. The van der Waals surface area contributed by atoms with Crippen LogP contribution in [-0.2, 0) is 0 Å². The molecule has 0 aliphatic rings. The van der Waals surface area contributed by atoms with Gasteiger partial charge in [0.15, 0.2) is 0 Å². The Balaban J connectivity index is 2.37. The van der Waals surface area contributed by atoms with Crippen molar-refractivity contribution in [2.75, 3.05) is 13.7 Å². The molecule has 1 heterocycles. The first-order chi connectivity index (χ1) is 9.56. The van der Waals surface area contributed by atoms with Crippen molar-refractivity contribution >= 4 is 50.5 Å². The van der Waals surface area contributed by atoms with E-state index in [0.717, 1.165) is 21.3 Å². The molecule has 1 unspecified atom stereocenters. The number of ether oxygens (including phenoxy) is 1. The van der Waals surface area contributed by atoms with E-state index in [-0.39, 0.29) is 6.04 Å². The lowest BCUT2D eigenvalue weighted by atomic mass is 10.0. The number of nitrogens with one attached hydrogen (secondary N) is 1. The zero-order valence-electron chi connectivity index (χ0n) is 11.0. The summed E-state index contributed by atoms with van der Waals surface area (Å²) in [4.78, 5) is 0. The van der Waals surface area contributed by atoms with Crippen LogP contribution in [0.25, 0.3) is 0 Å². The predicted molar refractivity (Wildman–Crippen MR) is 90.6 cm³/mol. The maximum Gasteiger partial charge on any atom is 0.133 e. The van der Waals surface area contributed by atoms with Crippen molar-refractivity contribution in [3.63, 3.8) is 0 Å². The molecule has 0 spiro atoms. The maximum absolute atomic E-state index is 6.25. The minimum absolute atomic E-state index is 0.00164. The zero-order chi connectivity index (χ0) is 14.7. The van der Waals surface area contributed by atoms with Crippen molar-refractivity contribution in [3.05, 3.63) is 48.5 Å². The summed E-state index contributed by atoms with van der Waals surface area (Å²) in [6.45, 7) is 2.60. The van der Waals surface area contributed by atoms with E-state index in [4.69, 9.17) is 27.9 Å². The monoisotopic (exact) mass is 393 g/mol. The summed E-state index contributed by atoms with van der Waals surface area (Å²) >= 11 is 17.2. The second kappa shape index (κ2) is 7.14. The van der Waals surface area contributed by atoms with Crippen molar-refractivity contribution in [3.8, 4) is 5.75 Å². The molecule has 6 heteroatoms. The van der Waals surface area contributed by atoms with E-state index >= 15 is 0 Å². The third kappa shape index (κ3) is 3.49. The Labute approximate surface area is 141 Å². The average molecular weight is 395 g/mol. The van der Waals surface area contributed by atoms with E-state index in [1.54, 1.807) is 0 Å². The van der Waals surface area contributed by atoms with Crippen LogP contribution >= 0.6 is 50.5 Å². The van der Waals surface area contributed by atoms with E-state index < -0.39 is 0 Å². The van der Waals surface area contributed by atoms with Gasteiger partial charge in [0.25, 0.3) is 0 Å². The first kappa shape index (κ1) is 16.1. The van der Waals surface area contributed by atoms with Gasteiger partial charge in [0.05, 0.1) is 25.8 Å². The molecule has 0 aliphatic heterocycles. The molecule has 2 nitrogen and oxygen atoms in total. The second-order valence-electron chi connectivity index (χ2n) is 4.12. The lowest BCUT2D eigenvalue weighted by Gasteiger charge is -2.17. The number of thiophene rings is 1. The summed E-state index contributed by atoms with van der Waals surface area (Å²) in [6, 6.07) is 7.92. The van der Waals surface area contributed by atoms with Crippen molar-refractivity contribution in [2.45, 2.75) is 13.0 Å². The number of rotatable bonds is 5. The van der Waals surface area contributed by atoms with E-state index in [2.05, 4.69) is 21.2 Å². The molecule has 0 radical (unpaired) electrons. The molecule has 0 saturated heterocycles. The van der Waals surface area contributed by atoms with Gasteiger partial charge in [0, 0.05) is 5.56 Å². The molecule has 0 aliphatic carbocycles. The van der Waals surface area contributed by atoms with Gasteiger partial charge in [-0.1, -0.05) is 29.3 Å². The summed E-state index contributed by atoms with van der Waals surface area (Å²) in [5, 5.41) is 3.27. The highest BCUT2D eigenvalue weighted by Gasteiger charge is 2.19. The first-order valence-electron chi connectivity index (χ1n) is 6.11. The number of benzene rings is 1. The van der Waals surface area contributed by atoms with Gasteiger partial charge in [-0.15, -0.1) is 11.3 Å². The molecule has 0 bridgehead atoms. The fourth-order valence-corrected chi connectivity index (χ4v) is 4.06. The van der Waals surface area contributed by atoms with Crippen LogP contribution in [0.15, 0.2) is 28.7 Å². The minimum atomic E-state index is -0.00164. The maximum atomic E-state index is 6.25. The molecular weight excluding hydrogens is 381 g/mol. The van der Waals surface area contributed by atoms with Gasteiger partial charge in [-0.3, -0.25) is 0 Å². The van der Waals surface area contributed by atoms with E-state index in [0.29, 0.717) is 15.3 Å². The summed E-state index contributed by atoms with van der Waals surface area (Å²) in [5.41, 5.74) is 2.08. The number of hydrogen-bond acceptors (Lipinski definition) is 3. The van der Waals surface area contributed by atoms with Gasteiger partial charge in [-0.05, 0) is 53.7 Å². The third-order valence-corrected chi connectivity index (χ3v) is 5.01. The zero-order valence-corrected chi connectivity index (χ0v) is 15.0. The summed E-state index contributed by atoms with van der Waals surface area (Å²) < 4.78 is 7.85. The van der Waals surface area contributed by atoms with Crippen LogP contribution < -0.4 is 10.1 Å². The normalized spacial score (nSPS) is 12.4. The Hall–Kier alpha value is -0.260. The van der Waals surface area contributed by atoms with E-state index in [1.807, 2.05) is 38.2 Å². The standard InChI is InChI=1S/C14H14BrCl2NOS/c1-3-19-11-5-4-8(6-10(11)15)13(18-2)9-7-12(16)20-14(9)17/h4-7,13,18H,3H2,1-2H3. The van der Waals surface area contributed by atoms with Gasteiger partial charge in [0.1, 0.15) is 5.75 Å². The molecule has 0 amide bonds. The van der Waals surface area contributed by atoms with Gasteiger partial charge in [-0.2, -0.15) is 0 Å². The highest BCUT2D eigenvalue weighted by atomic mass is 79.9. The fraction of sp³-hybridized carbons (Fsp3) is 0.286. The Morgan fingerprint density at radius 3 is 2.60 bits per heavy atom. The first-order valence-corrected chi connectivity index (χ1v) is 8.47. The van der Waals surface area contributed by atoms with Crippen LogP contribution in [0.2, 0.25) is 8.67 Å². The Morgan fingerprint density at radius 2 is 2.10 bits per heavy atom. The molecule has 1 N–H and O–H groups in total. The van der Waals surface area contributed by atoms with Crippen LogP contribution in [0.5, 0.6) is 5.75 Å². The summed E-state index contributed by atoms with van der Waals surface area (Å²) in [5.74, 6) is 0.834. The molecule has 0 saturated carbocycles. The van der Waals surface area contributed by atoms with Crippen molar-refractivity contribution < 1.29 is 4.74 Å². The van der Waals surface area contributed by atoms with Crippen LogP contribution in [-0.4, -0.2) is 13.7 Å². The highest BCUT2D eigenvalue weighted by Crippen LogP contribution is 2.38. The molecule has 20 heavy (non-hydrogen) atoms. The quantitative estimate of drug-likeness (QED) is 0.720. The molecule has 1 atom stereocenters. The molecule has 108 valence electrons. The molecule has 1 aromatic heterocycles. The molecule has 0 fully saturated rings. The highest BCUT2D eigenvalue weighted by molar-refractivity contribution is 9.10. The topological polar surface area (TPSA) is 21.3 Å². The van der Waals surface area contributed by atoms with Crippen molar-refractivity contribution in [1.82, 2.24) is 5.32 Å². The second-order valence-corrected chi connectivity index (χ2v) is 7.26. The Morgan fingerprint density at radius 1 is 1.35 bits per heavy atom. The fourth-order valence-electron chi connectivity index (χ4n) is 2.02. The van der Waals surface area contributed by atoms with Crippen molar-refractivity contribution in [2.24, 2.45) is 0 Å². The molecule has 2 rings (SSSR count). The summed E-state index contributed by atoms with van der Waals surface area (Å²) in [7, 11) is 1.90. The number of hydrogen-bond donors (Lipinski definition) is 1. The van der Waals surface area contributed by atoms with Crippen LogP contribution in [0.4, 0.5) is 0 Å². The smallest absolute Gasteiger partial charge is 0.133 e. The number of halogens is 3. The Kier molecular flexibility index (Phi) is 5.75. The van der Waals surface area contributed by atoms with Crippen LogP contribution in [0, 0.1) is 0 Å². The SMILES string of the molecule is CCOc1ccc(C(NC)c2cc(Cl)sc2Cl)cc1Br. The third-order valence-electron chi connectivity index (χ3n) is 2.87. The van der Waals surface area contributed by atoms with Gasteiger partial charge in [0.2, 0.25) is 0 Å². The van der Waals surface area contributed by atoms with Gasteiger partial charge in [-0.25, -0.2) is 0 Å². The predicted octanol–water partition coefficient (Wildman–Crippen LogP) is 5.52. The summed E-state index contributed by atoms with van der Waals surface area (Å²) in [6.07, 6.45) is 0. The largest absolute Gasteiger partial charge is 0.493 e. The van der Waals surface area contributed by atoms with E-state index in [9.17, 15) is 0 Å². The van der Waals surface area contributed by atoms with E-state index in [1.165, 1.54) is 11.3 Å². The van der Waals surface area contributed by atoms with Gasteiger partial charge >= 0.3 is 0 Å². The van der Waals surface area contributed by atoms with Crippen LogP contribution in [0.1, 0.15) is 24.1 Å². The molecule has 2 aromatic rings. The molecule has 1 aromatic carbocycles.